The van der Waals surface area contributed by atoms with Crippen LogP contribution in [0.3, 0.4) is 0 Å². The smallest absolute Gasteiger partial charge is 0.357 e. The van der Waals surface area contributed by atoms with Gasteiger partial charge >= 0.3 is 5.97 Å². The molecule has 3 aromatic rings. The summed E-state index contributed by atoms with van der Waals surface area (Å²) in [5.74, 6) is 0.140. The van der Waals surface area contributed by atoms with E-state index in [1.807, 2.05) is 0 Å². The standard InChI is InChI=1S/C16H13ClN2O3/c1-2-21-16(20)14-10-13(15-4-3-9-22-15)18-19(14)12-7-5-11(17)6-8-12/h3-10H,2H2,1H3. The van der Waals surface area contributed by atoms with E-state index >= 15 is 0 Å². The molecule has 22 heavy (non-hydrogen) atoms. The number of aromatic nitrogens is 2. The Hall–Kier alpha value is -2.53. The number of furan rings is 1. The first-order valence-electron chi connectivity index (χ1n) is 6.76. The van der Waals surface area contributed by atoms with Crippen molar-refractivity contribution in [3.63, 3.8) is 0 Å². The van der Waals surface area contributed by atoms with Crippen molar-refractivity contribution < 1.29 is 13.9 Å². The molecular weight excluding hydrogens is 304 g/mol. The van der Waals surface area contributed by atoms with E-state index in [1.54, 1.807) is 55.7 Å². The lowest BCUT2D eigenvalue weighted by Crippen LogP contribution is -2.11. The third-order valence-corrected chi connectivity index (χ3v) is 3.29. The number of ether oxygens (including phenoxy) is 1. The second kappa shape index (κ2) is 6.07. The number of hydrogen-bond acceptors (Lipinski definition) is 4. The topological polar surface area (TPSA) is 57.3 Å². The summed E-state index contributed by atoms with van der Waals surface area (Å²) in [7, 11) is 0. The van der Waals surface area contributed by atoms with Crippen LogP contribution in [-0.2, 0) is 4.74 Å². The van der Waals surface area contributed by atoms with Crippen molar-refractivity contribution in [3.05, 3.63) is 59.4 Å². The van der Waals surface area contributed by atoms with Crippen LogP contribution >= 0.6 is 11.6 Å². The van der Waals surface area contributed by atoms with Gasteiger partial charge in [0, 0.05) is 11.1 Å². The summed E-state index contributed by atoms with van der Waals surface area (Å²) < 4.78 is 11.9. The van der Waals surface area contributed by atoms with Crippen LogP contribution in [0.2, 0.25) is 5.02 Å². The van der Waals surface area contributed by atoms with Crippen LogP contribution < -0.4 is 0 Å². The molecule has 0 radical (unpaired) electrons. The van der Waals surface area contributed by atoms with Crippen LogP contribution in [-0.4, -0.2) is 22.4 Å². The molecule has 0 amide bonds. The fraction of sp³-hybridized carbons (Fsp3) is 0.125. The van der Waals surface area contributed by atoms with E-state index in [0.717, 1.165) is 0 Å². The monoisotopic (exact) mass is 316 g/mol. The van der Waals surface area contributed by atoms with Crippen LogP contribution in [0, 0.1) is 0 Å². The van der Waals surface area contributed by atoms with E-state index in [4.69, 9.17) is 20.8 Å². The number of carbonyl (C=O) groups excluding carboxylic acids is 1. The van der Waals surface area contributed by atoms with Crippen LogP contribution in [0.4, 0.5) is 0 Å². The van der Waals surface area contributed by atoms with Crippen LogP contribution in [0.1, 0.15) is 17.4 Å². The van der Waals surface area contributed by atoms with E-state index in [-0.39, 0.29) is 0 Å². The van der Waals surface area contributed by atoms with Crippen LogP contribution in [0.25, 0.3) is 17.1 Å². The van der Waals surface area contributed by atoms with E-state index in [2.05, 4.69) is 5.10 Å². The molecule has 2 aromatic heterocycles. The Morgan fingerprint density at radius 2 is 2.09 bits per heavy atom. The van der Waals surface area contributed by atoms with Gasteiger partial charge in [-0.1, -0.05) is 11.6 Å². The lowest BCUT2D eigenvalue weighted by atomic mass is 10.3. The molecule has 0 saturated carbocycles. The van der Waals surface area contributed by atoms with Crippen LogP contribution in [0.5, 0.6) is 0 Å². The fourth-order valence-corrected chi connectivity index (χ4v) is 2.18. The van der Waals surface area contributed by atoms with Gasteiger partial charge in [-0.05, 0) is 43.3 Å². The van der Waals surface area contributed by atoms with E-state index in [1.165, 1.54) is 4.68 Å². The minimum Gasteiger partial charge on any atom is -0.463 e. The molecule has 112 valence electrons. The summed E-state index contributed by atoms with van der Waals surface area (Å²) in [6, 6.07) is 12.2. The molecule has 0 aliphatic rings. The quantitative estimate of drug-likeness (QED) is 0.684. The number of esters is 1. The summed E-state index contributed by atoms with van der Waals surface area (Å²) in [4.78, 5) is 12.1. The van der Waals surface area contributed by atoms with Gasteiger partial charge in [0.25, 0.3) is 0 Å². The lowest BCUT2D eigenvalue weighted by molar-refractivity contribution is 0.0516. The Morgan fingerprint density at radius 1 is 1.32 bits per heavy atom. The van der Waals surface area contributed by atoms with E-state index in [9.17, 15) is 4.79 Å². The predicted octanol–water partition coefficient (Wildman–Crippen LogP) is 3.96. The first-order chi connectivity index (χ1) is 10.7. The fourth-order valence-electron chi connectivity index (χ4n) is 2.06. The average Bonchev–Trinajstić information content (AvgIpc) is 3.17. The molecule has 0 unspecified atom stereocenters. The molecule has 6 heteroatoms. The average molecular weight is 317 g/mol. The van der Waals surface area contributed by atoms with Gasteiger partial charge in [0.15, 0.2) is 11.5 Å². The first-order valence-corrected chi connectivity index (χ1v) is 7.14. The van der Waals surface area contributed by atoms with Gasteiger partial charge in [-0.25, -0.2) is 9.48 Å². The zero-order chi connectivity index (χ0) is 15.5. The van der Waals surface area contributed by atoms with Gasteiger partial charge in [0.1, 0.15) is 5.69 Å². The maximum absolute atomic E-state index is 12.1. The summed E-state index contributed by atoms with van der Waals surface area (Å²) >= 11 is 5.90. The van der Waals surface area contributed by atoms with Crippen molar-refractivity contribution in [2.24, 2.45) is 0 Å². The maximum Gasteiger partial charge on any atom is 0.357 e. The number of carbonyl (C=O) groups is 1. The Labute approximate surface area is 132 Å². The number of nitrogens with zero attached hydrogens (tertiary/aromatic N) is 2. The van der Waals surface area contributed by atoms with Gasteiger partial charge in [0.05, 0.1) is 18.6 Å². The second-order valence-electron chi connectivity index (χ2n) is 4.50. The Balaban J connectivity index is 2.10. The molecule has 5 nitrogen and oxygen atoms in total. The number of benzene rings is 1. The zero-order valence-electron chi connectivity index (χ0n) is 11.8. The van der Waals surface area contributed by atoms with E-state index < -0.39 is 5.97 Å². The van der Waals surface area contributed by atoms with Crippen molar-refractivity contribution in [3.8, 4) is 17.1 Å². The highest BCUT2D eigenvalue weighted by Crippen LogP contribution is 2.23. The Kier molecular flexibility index (Phi) is 3.98. The molecule has 0 N–H and O–H groups in total. The van der Waals surface area contributed by atoms with Crippen molar-refractivity contribution in [1.82, 2.24) is 9.78 Å². The summed E-state index contributed by atoms with van der Waals surface area (Å²) in [5.41, 5.74) is 1.60. The van der Waals surface area contributed by atoms with Gasteiger partial charge in [-0.2, -0.15) is 5.10 Å². The van der Waals surface area contributed by atoms with Gasteiger partial charge < -0.3 is 9.15 Å². The molecule has 0 fully saturated rings. The highest BCUT2D eigenvalue weighted by Gasteiger charge is 2.19. The Bertz CT molecular complexity index is 776. The van der Waals surface area contributed by atoms with E-state index in [0.29, 0.717) is 34.5 Å². The summed E-state index contributed by atoms with van der Waals surface area (Å²) in [6.45, 7) is 2.05. The maximum atomic E-state index is 12.1. The molecule has 0 atom stereocenters. The largest absolute Gasteiger partial charge is 0.463 e. The third-order valence-electron chi connectivity index (χ3n) is 3.04. The summed E-state index contributed by atoms with van der Waals surface area (Å²) in [6.07, 6.45) is 1.56. The zero-order valence-corrected chi connectivity index (χ0v) is 12.6. The number of halogens is 1. The second-order valence-corrected chi connectivity index (χ2v) is 4.94. The van der Waals surface area contributed by atoms with Gasteiger partial charge in [-0.15, -0.1) is 0 Å². The molecule has 0 saturated heterocycles. The SMILES string of the molecule is CCOC(=O)c1cc(-c2ccco2)nn1-c1ccc(Cl)cc1. The predicted molar refractivity (Wildman–Crippen MR) is 82.2 cm³/mol. The highest BCUT2D eigenvalue weighted by molar-refractivity contribution is 6.30. The van der Waals surface area contributed by atoms with Crippen molar-refractivity contribution >= 4 is 17.6 Å². The molecule has 0 spiro atoms. The van der Waals surface area contributed by atoms with Crippen molar-refractivity contribution in [2.45, 2.75) is 6.92 Å². The van der Waals surface area contributed by atoms with Crippen molar-refractivity contribution in [1.29, 1.82) is 0 Å². The highest BCUT2D eigenvalue weighted by atomic mass is 35.5. The third kappa shape index (κ3) is 2.76. The molecule has 2 heterocycles. The van der Waals surface area contributed by atoms with Crippen LogP contribution in [0.15, 0.2) is 53.1 Å². The van der Waals surface area contributed by atoms with Gasteiger partial charge in [0.2, 0.25) is 0 Å². The molecule has 0 bridgehead atoms. The minimum absolute atomic E-state index is 0.292. The lowest BCUT2D eigenvalue weighted by Gasteiger charge is -2.06. The number of hydrogen-bond donors (Lipinski definition) is 0. The molecule has 1 aromatic carbocycles. The summed E-state index contributed by atoms with van der Waals surface area (Å²) in [5, 5.41) is 5.05. The molecule has 0 aliphatic carbocycles. The molecule has 3 rings (SSSR count). The minimum atomic E-state index is -0.442. The van der Waals surface area contributed by atoms with Crippen molar-refractivity contribution in [2.75, 3.05) is 6.61 Å². The molecule has 0 aliphatic heterocycles. The normalized spacial score (nSPS) is 10.6. The first kappa shape index (κ1) is 14.4. The van der Waals surface area contributed by atoms with Gasteiger partial charge in [-0.3, -0.25) is 0 Å². The Morgan fingerprint density at radius 3 is 2.73 bits per heavy atom. The molecular formula is C16H13ClN2O3. The number of rotatable bonds is 4.